The number of anilines is 1. The van der Waals surface area contributed by atoms with Gasteiger partial charge in [0.05, 0.1) is 12.1 Å². The fraction of sp³-hybridized carbons (Fsp3) is 0.636. The Labute approximate surface area is 110 Å². The van der Waals surface area contributed by atoms with Crippen LogP contribution in [0, 0.1) is 0 Å². The standard InChI is InChI=1S/C11H18N2O2S2/c1-16-7-3-2-6-12-11-13-9(8-17-11)4-5-10(14)15/h8H,2-7H2,1H3,(H,12,13)(H,14,15). The first-order valence-electron chi connectivity index (χ1n) is 5.61. The highest BCUT2D eigenvalue weighted by Gasteiger charge is 2.04. The number of rotatable bonds is 9. The lowest BCUT2D eigenvalue weighted by atomic mass is 10.2. The molecule has 0 aromatic carbocycles. The summed E-state index contributed by atoms with van der Waals surface area (Å²) >= 11 is 3.41. The Kier molecular flexibility index (Phi) is 7.04. The molecule has 0 aliphatic heterocycles. The normalized spacial score (nSPS) is 10.4. The fourth-order valence-corrected chi connectivity index (χ4v) is 2.57. The van der Waals surface area contributed by atoms with Gasteiger partial charge in [-0.05, 0) is 24.9 Å². The van der Waals surface area contributed by atoms with E-state index in [1.165, 1.54) is 12.2 Å². The van der Waals surface area contributed by atoms with Crippen molar-refractivity contribution in [1.82, 2.24) is 4.98 Å². The molecule has 1 aromatic rings. The minimum atomic E-state index is -0.774. The number of nitrogens with zero attached hydrogens (tertiary/aromatic N) is 1. The number of aryl methyl sites for hydroxylation is 1. The van der Waals surface area contributed by atoms with Crippen molar-refractivity contribution >= 4 is 34.2 Å². The van der Waals surface area contributed by atoms with Crippen LogP contribution >= 0.6 is 23.1 Å². The van der Waals surface area contributed by atoms with E-state index >= 15 is 0 Å². The molecule has 1 rings (SSSR count). The van der Waals surface area contributed by atoms with Gasteiger partial charge in [-0.25, -0.2) is 4.98 Å². The topological polar surface area (TPSA) is 62.2 Å². The molecule has 17 heavy (non-hydrogen) atoms. The van der Waals surface area contributed by atoms with Crippen LogP contribution in [0.4, 0.5) is 5.13 Å². The summed E-state index contributed by atoms with van der Waals surface area (Å²) in [5.74, 6) is 0.424. The molecule has 0 fully saturated rings. The Morgan fingerprint density at radius 2 is 2.41 bits per heavy atom. The van der Waals surface area contributed by atoms with Crippen molar-refractivity contribution in [3.63, 3.8) is 0 Å². The number of thiazole rings is 1. The highest BCUT2D eigenvalue weighted by molar-refractivity contribution is 7.98. The number of aromatic nitrogens is 1. The minimum Gasteiger partial charge on any atom is -0.481 e. The van der Waals surface area contributed by atoms with Crippen molar-refractivity contribution in [3.8, 4) is 0 Å². The second kappa shape index (κ2) is 8.36. The zero-order valence-electron chi connectivity index (χ0n) is 9.94. The van der Waals surface area contributed by atoms with Gasteiger partial charge in [0, 0.05) is 18.3 Å². The van der Waals surface area contributed by atoms with Gasteiger partial charge in [0.2, 0.25) is 0 Å². The first-order valence-corrected chi connectivity index (χ1v) is 7.88. The third kappa shape index (κ3) is 6.53. The zero-order valence-corrected chi connectivity index (χ0v) is 11.6. The number of nitrogens with one attached hydrogen (secondary N) is 1. The lowest BCUT2D eigenvalue weighted by Gasteiger charge is -2.01. The van der Waals surface area contributed by atoms with E-state index in [2.05, 4.69) is 16.6 Å². The Morgan fingerprint density at radius 1 is 1.59 bits per heavy atom. The molecule has 0 radical (unpaired) electrons. The van der Waals surface area contributed by atoms with Crippen LogP contribution in [0.1, 0.15) is 25.0 Å². The Bertz CT molecular complexity index is 342. The van der Waals surface area contributed by atoms with Crippen LogP contribution in [0.3, 0.4) is 0 Å². The van der Waals surface area contributed by atoms with Gasteiger partial charge in [-0.15, -0.1) is 11.3 Å². The van der Waals surface area contributed by atoms with Crippen molar-refractivity contribution in [2.24, 2.45) is 0 Å². The Hall–Kier alpha value is -0.750. The van der Waals surface area contributed by atoms with E-state index in [0.29, 0.717) is 6.42 Å². The molecule has 1 heterocycles. The third-order valence-electron chi connectivity index (χ3n) is 2.20. The largest absolute Gasteiger partial charge is 0.481 e. The van der Waals surface area contributed by atoms with Crippen LogP contribution in [0.5, 0.6) is 0 Å². The van der Waals surface area contributed by atoms with Gasteiger partial charge in [0.1, 0.15) is 0 Å². The number of carboxylic acids is 1. The fourth-order valence-electron chi connectivity index (χ4n) is 1.30. The third-order valence-corrected chi connectivity index (χ3v) is 3.74. The molecule has 0 bridgehead atoms. The maximum absolute atomic E-state index is 10.4. The first-order chi connectivity index (χ1) is 8.22. The predicted molar refractivity (Wildman–Crippen MR) is 74.2 cm³/mol. The molecule has 6 heteroatoms. The van der Waals surface area contributed by atoms with E-state index in [9.17, 15) is 4.79 Å². The highest BCUT2D eigenvalue weighted by Crippen LogP contribution is 2.16. The molecule has 96 valence electrons. The average Bonchev–Trinajstić information content (AvgIpc) is 2.74. The summed E-state index contributed by atoms with van der Waals surface area (Å²) in [7, 11) is 0. The Balaban J connectivity index is 2.19. The summed E-state index contributed by atoms with van der Waals surface area (Å²) in [6.07, 6.45) is 5.14. The maximum Gasteiger partial charge on any atom is 0.303 e. The highest BCUT2D eigenvalue weighted by atomic mass is 32.2. The van der Waals surface area contributed by atoms with E-state index in [-0.39, 0.29) is 6.42 Å². The van der Waals surface area contributed by atoms with Crippen LogP contribution in [0.25, 0.3) is 0 Å². The van der Waals surface area contributed by atoms with E-state index in [0.717, 1.165) is 23.8 Å². The van der Waals surface area contributed by atoms with Crippen LogP contribution in [-0.2, 0) is 11.2 Å². The second-order valence-electron chi connectivity index (χ2n) is 3.66. The average molecular weight is 274 g/mol. The van der Waals surface area contributed by atoms with E-state index in [4.69, 9.17) is 5.11 Å². The molecule has 0 saturated carbocycles. The van der Waals surface area contributed by atoms with Crippen LogP contribution in [-0.4, -0.2) is 34.6 Å². The van der Waals surface area contributed by atoms with Crippen LogP contribution in [0.2, 0.25) is 0 Å². The van der Waals surface area contributed by atoms with Crippen molar-refractivity contribution in [2.45, 2.75) is 25.7 Å². The second-order valence-corrected chi connectivity index (χ2v) is 5.51. The quantitative estimate of drug-likeness (QED) is 0.678. The van der Waals surface area contributed by atoms with Crippen molar-refractivity contribution in [3.05, 3.63) is 11.1 Å². The molecular formula is C11H18N2O2S2. The molecule has 1 aromatic heterocycles. The number of unbranched alkanes of at least 4 members (excludes halogenated alkanes) is 1. The predicted octanol–water partition coefficient (Wildman–Crippen LogP) is 2.72. The first kappa shape index (κ1) is 14.3. The number of carboxylic acid groups (broad SMARTS) is 1. The van der Waals surface area contributed by atoms with Gasteiger partial charge in [0.15, 0.2) is 5.13 Å². The van der Waals surface area contributed by atoms with Crippen molar-refractivity contribution in [1.29, 1.82) is 0 Å². The molecule has 0 atom stereocenters. The molecule has 0 aliphatic carbocycles. The molecule has 2 N–H and O–H groups in total. The SMILES string of the molecule is CSCCCCNc1nc(CCC(=O)O)cs1. The molecule has 0 amide bonds. The lowest BCUT2D eigenvalue weighted by molar-refractivity contribution is -0.136. The zero-order chi connectivity index (χ0) is 12.5. The minimum absolute atomic E-state index is 0.150. The van der Waals surface area contributed by atoms with Gasteiger partial charge in [0.25, 0.3) is 0 Å². The van der Waals surface area contributed by atoms with Gasteiger partial charge < -0.3 is 10.4 Å². The summed E-state index contributed by atoms with van der Waals surface area (Å²) in [6, 6.07) is 0. The molecular weight excluding hydrogens is 256 g/mol. The monoisotopic (exact) mass is 274 g/mol. The number of aliphatic carboxylic acids is 1. The summed E-state index contributed by atoms with van der Waals surface area (Å²) in [6.45, 7) is 0.937. The van der Waals surface area contributed by atoms with E-state index in [1.54, 1.807) is 11.3 Å². The van der Waals surface area contributed by atoms with Crippen LogP contribution in [0.15, 0.2) is 5.38 Å². The van der Waals surface area contributed by atoms with E-state index in [1.807, 2.05) is 17.1 Å². The molecule has 0 unspecified atom stereocenters. The van der Waals surface area contributed by atoms with Crippen molar-refractivity contribution in [2.75, 3.05) is 23.9 Å². The Morgan fingerprint density at radius 3 is 3.12 bits per heavy atom. The summed E-state index contributed by atoms with van der Waals surface area (Å²) in [5, 5.41) is 14.6. The van der Waals surface area contributed by atoms with E-state index < -0.39 is 5.97 Å². The number of carbonyl (C=O) groups is 1. The smallest absolute Gasteiger partial charge is 0.303 e. The number of hydrogen-bond donors (Lipinski definition) is 2. The maximum atomic E-state index is 10.4. The molecule has 4 nitrogen and oxygen atoms in total. The molecule has 0 saturated heterocycles. The summed E-state index contributed by atoms with van der Waals surface area (Å²) in [4.78, 5) is 14.7. The lowest BCUT2D eigenvalue weighted by Crippen LogP contribution is -2.02. The van der Waals surface area contributed by atoms with Crippen molar-refractivity contribution < 1.29 is 9.90 Å². The van der Waals surface area contributed by atoms with Crippen LogP contribution < -0.4 is 5.32 Å². The summed E-state index contributed by atoms with van der Waals surface area (Å²) in [5.41, 5.74) is 0.865. The van der Waals surface area contributed by atoms with Gasteiger partial charge in [-0.3, -0.25) is 4.79 Å². The van der Waals surface area contributed by atoms with Gasteiger partial charge in [-0.1, -0.05) is 0 Å². The number of hydrogen-bond acceptors (Lipinski definition) is 5. The summed E-state index contributed by atoms with van der Waals surface area (Å²) < 4.78 is 0. The van der Waals surface area contributed by atoms with Gasteiger partial charge in [-0.2, -0.15) is 11.8 Å². The number of thioether (sulfide) groups is 1. The molecule has 0 aliphatic rings. The van der Waals surface area contributed by atoms with Gasteiger partial charge >= 0.3 is 5.97 Å². The molecule has 0 spiro atoms.